The minimum atomic E-state index is -0.0424. The van der Waals surface area contributed by atoms with Gasteiger partial charge in [-0.3, -0.25) is 4.79 Å². The number of hydrogen-bond acceptors (Lipinski definition) is 3. The molecule has 0 aromatic heterocycles. The Morgan fingerprint density at radius 2 is 1.92 bits per heavy atom. The molecular weight excluding hydrogens is 308 g/mol. The van der Waals surface area contributed by atoms with Crippen LogP contribution >= 0.6 is 0 Å². The third-order valence-electron chi connectivity index (χ3n) is 5.72. The monoisotopic (exact) mass is 340 g/mol. The van der Waals surface area contributed by atoms with Crippen molar-refractivity contribution in [1.82, 2.24) is 5.32 Å². The van der Waals surface area contributed by atoms with Gasteiger partial charge in [0, 0.05) is 35.3 Å². The second-order valence-electron chi connectivity index (χ2n) is 8.47. The molecule has 25 heavy (non-hydrogen) atoms. The zero-order chi connectivity index (χ0) is 18.0. The molecule has 3 heteroatoms. The first-order chi connectivity index (χ1) is 11.9. The lowest BCUT2D eigenvalue weighted by Gasteiger charge is -2.36. The van der Waals surface area contributed by atoms with E-state index in [4.69, 9.17) is 5.73 Å². The first kappa shape index (κ1) is 18.2. The van der Waals surface area contributed by atoms with Gasteiger partial charge in [-0.15, -0.1) is 0 Å². The lowest BCUT2D eigenvalue weighted by atomic mass is 9.83. The van der Waals surface area contributed by atoms with Crippen LogP contribution in [0.3, 0.4) is 0 Å². The molecule has 0 bridgehead atoms. The SMILES string of the molecule is Cc1cc2c(cc1CN)/C(=C/C(=O)C1CCCCCC1)NC(C)(C)C2. The fourth-order valence-electron chi connectivity index (χ4n) is 4.32. The third-order valence-corrected chi connectivity index (χ3v) is 5.72. The predicted molar refractivity (Wildman–Crippen MR) is 104 cm³/mol. The summed E-state index contributed by atoms with van der Waals surface area (Å²) in [4.78, 5) is 12.9. The highest BCUT2D eigenvalue weighted by atomic mass is 16.1. The van der Waals surface area contributed by atoms with Crippen LogP contribution in [0.25, 0.3) is 5.70 Å². The van der Waals surface area contributed by atoms with Crippen molar-refractivity contribution in [1.29, 1.82) is 0 Å². The maximum atomic E-state index is 12.9. The molecule has 2 aliphatic rings. The molecule has 1 aliphatic heterocycles. The van der Waals surface area contributed by atoms with E-state index in [1.165, 1.54) is 36.8 Å². The number of carbonyl (C=O) groups is 1. The third kappa shape index (κ3) is 4.14. The molecule has 0 saturated heterocycles. The molecule has 3 rings (SSSR count). The van der Waals surface area contributed by atoms with E-state index in [1.807, 2.05) is 6.08 Å². The van der Waals surface area contributed by atoms with Crippen LogP contribution in [-0.4, -0.2) is 11.3 Å². The Morgan fingerprint density at radius 1 is 1.24 bits per heavy atom. The summed E-state index contributed by atoms with van der Waals surface area (Å²) in [6.45, 7) is 7.06. The van der Waals surface area contributed by atoms with Gasteiger partial charge in [0.25, 0.3) is 0 Å². The molecule has 1 saturated carbocycles. The van der Waals surface area contributed by atoms with E-state index in [2.05, 4.69) is 38.2 Å². The molecule has 0 radical (unpaired) electrons. The number of carbonyl (C=O) groups excluding carboxylic acids is 1. The lowest BCUT2D eigenvalue weighted by molar-refractivity contribution is -0.118. The van der Waals surface area contributed by atoms with E-state index in [1.54, 1.807) is 0 Å². The van der Waals surface area contributed by atoms with Gasteiger partial charge in [0.15, 0.2) is 5.78 Å². The quantitative estimate of drug-likeness (QED) is 0.638. The van der Waals surface area contributed by atoms with E-state index in [9.17, 15) is 4.79 Å². The molecule has 0 amide bonds. The molecule has 1 aromatic rings. The Kier molecular flexibility index (Phi) is 5.33. The molecule has 0 atom stereocenters. The number of benzene rings is 1. The molecule has 0 unspecified atom stereocenters. The number of rotatable bonds is 3. The van der Waals surface area contributed by atoms with Gasteiger partial charge in [-0.2, -0.15) is 0 Å². The van der Waals surface area contributed by atoms with Crippen LogP contribution < -0.4 is 11.1 Å². The molecule has 1 fully saturated rings. The van der Waals surface area contributed by atoms with Crippen molar-refractivity contribution in [2.45, 2.75) is 77.8 Å². The molecule has 1 heterocycles. The van der Waals surface area contributed by atoms with Crippen molar-refractivity contribution in [3.8, 4) is 0 Å². The summed E-state index contributed by atoms with van der Waals surface area (Å²) in [5, 5.41) is 3.60. The Labute approximate surface area is 152 Å². The summed E-state index contributed by atoms with van der Waals surface area (Å²) in [5.74, 6) is 0.493. The Morgan fingerprint density at radius 3 is 2.56 bits per heavy atom. The second kappa shape index (κ2) is 7.33. The fourth-order valence-corrected chi connectivity index (χ4v) is 4.32. The van der Waals surface area contributed by atoms with E-state index >= 15 is 0 Å². The summed E-state index contributed by atoms with van der Waals surface area (Å²) in [7, 11) is 0. The van der Waals surface area contributed by atoms with Crippen LogP contribution in [-0.2, 0) is 17.8 Å². The summed E-state index contributed by atoms with van der Waals surface area (Å²) >= 11 is 0. The number of nitrogens with two attached hydrogens (primary N) is 1. The maximum absolute atomic E-state index is 12.9. The summed E-state index contributed by atoms with van der Waals surface area (Å²) in [6.07, 6.45) is 9.84. The number of ketones is 1. The zero-order valence-corrected chi connectivity index (χ0v) is 16.0. The second-order valence-corrected chi connectivity index (χ2v) is 8.47. The lowest BCUT2D eigenvalue weighted by Crippen LogP contribution is -2.44. The minimum Gasteiger partial charge on any atom is -0.379 e. The molecule has 1 aromatic carbocycles. The van der Waals surface area contributed by atoms with Gasteiger partial charge in [-0.1, -0.05) is 31.7 Å². The molecule has 136 valence electrons. The van der Waals surface area contributed by atoms with Gasteiger partial charge >= 0.3 is 0 Å². The van der Waals surface area contributed by atoms with E-state index in [0.29, 0.717) is 12.3 Å². The molecule has 0 spiro atoms. The van der Waals surface area contributed by atoms with Gasteiger partial charge in [0.05, 0.1) is 0 Å². The van der Waals surface area contributed by atoms with Crippen LogP contribution in [0.2, 0.25) is 0 Å². The fraction of sp³-hybridized carbons (Fsp3) is 0.591. The first-order valence-electron chi connectivity index (χ1n) is 9.76. The van der Waals surface area contributed by atoms with Gasteiger partial charge in [-0.05, 0) is 62.8 Å². The highest BCUT2D eigenvalue weighted by molar-refractivity contribution is 5.98. The smallest absolute Gasteiger partial charge is 0.160 e. The van der Waals surface area contributed by atoms with Crippen molar-refractivity contribution in [3.63, 3.8) is 0 Å². The molecule has 1 aliphatic carbocycles. The molecule has 3 nitrogen and oxygen atoms in total. The summed E-state index contributed by atoms with van der Waals surface area (Å²) in [6, 6.07) is 4.43. The summed E-state index contributed by atoms with van der Waals surface area (Å²) < 4.78 is 0. The van der Waals surface area contributed by atoms with Crippen molar-refractivity contribution >= 4 is 11.5 Å². The average molecular weight is 341 g/mol. The first-order valence-corrected chi connectivity index (χ1v) is 9.76. The van der Waals surface area contributed by atoms with Crippen LogP contribution in [0.5, 0.6) is 0 Å². The van der Waals surface area contributed by atoms with Gasteiger partial charge < -0.3 is 11.1 Å². The van der Waals surface area contributed by atoms with E-state index in [-0.39, 0.29) is 11.5 Å². The summed E-state index contributed by atoms with van der Waals surface area (Å²) in [5.41, 5.74) is 11.7. The highest BCUT2D eigenvalue weighted by Crippen LogP contribution is 2.33. The average Bonchev–Trinajstić information content (AvgIpc) is 2.82. The Hall–Kier alpha value is -1.61. The van der Waals surface area contributed by atoms with Crippen LogP contribution in [0.15, 0.2) is 18.2 Å². The highest BCUT2D eigenvalue weighted by Gasteiger charge is 2.29. The van der Waals surface area contributed by atoms with Gasteiger partial charge in [0.1, 0.15) is 0 Å². The topological polar surface area (TPSA) is 55.1 Å². The van der Waals surface area contributed by atoms with Crippen molar-refractivity contribution in [3.05, 3.63) is 40.5 Å². The zero-order valence-electron chi connectivity index (χ0n) is 16.0. The number of aryl methyl sites for hydroxylation is 1. The number of fused-ring (bicyclic) bond motifs is 1. The number of nitrogens with one attached hydrogen (secondary N) is 1. The molecular formula is C22H32N2O. The van der Waals surface area contributed by atoms with Crippen molar-refractivity contribution in [2.24, 2.45) is 11.7 Å². The number of hydrogen-bond donors (Lipinski definition) is 2. The minimum absolute atomic E-state index is 0.0424. The maximum Gasteiger partial charge on any atom is 0.160 e. The molecule has 3 N–H and O–H groups in total. The normalized spacial score (nSPS) is 22.2. The number of allylic oxidation sites excluding steroid dienone is 1. The van der Waals surface area contributed by atoms with Crippen LogP contribution in [0.4, 0.5) is 0 Å². The van der Waals surface area contributed by atoms with Gasteiger partial charge in [-0.25, -0.2) is 0 Å². The van der Waals surface area contributed by atoms with E-state index in [0.717, 1.165) is 36.1 Å². The van der Waals surface area contributed by atoms with E-state index < -0.39 is 0 Å². The Bertz CT molecular complexity index is 680. The largest absolute Gasteiger partial charge is 0.379 e. The van der Waals surface area contributed by atoms with Crippen molar-refractivity contribution in [2.75, 3.05) is 0 Å². The van der Waals surface area contributed by atoms with Crippen LogP contribution in [0.1, 0.15) is 74.6 Å². The van der Waals surface area contributed by atoms with Gasteiger partial charge in [0.2, 0.25) is 0 Å². The van der Waals surface area contributed by atoms with Crippen LogP contribution in [0, 0.1) is 12.8 Å². The predicted octanol–water partition coefficient (Wildman–Crippen LogP) is 4.26. The van der Waals surface area contributed by atoms with Crippen molar-refractivity contribution < 1.29 is 4.79 Å². The Balaban J connectivity index is 1.96. The standard InChI is InChI=1S/C22H32N2O/c1-15-10-17-13-22(2,3)24-20(19(17)11-18(15)14-23)12-21(25)16-8-6-4-5-7-9-16/h10-12,16,24H,4-9,13-14,23H2,1-3H3/b20-12-.